The summed E-state index contributed by atoms with van der Waals surface area (Å²) in [6.45, 7) is 2.09. The van der Waals surface area contributed by atoms with Crippen molar-refractivity contribution >= 4 is 12.2 Å². The third-order valence-corrected chi connectivity index (χ3v) is 5.26. The average molecular weight is 434 g/mol. The van der Waals surface area contributed by atoms with Crippen molar-refractivity contribution in [1.29, 1.82) is 0 Å². The number of amides is 1. The fourth-order valence-corrected chi connectivity index (χ4v) is 3.50. The number of nitrogens with one attached hydrogen (secondary N) is 2. The van der Waals surface area contributed by atoms with Crippen LogP contribution in [0.15, 0.2) is 77.7 Å². The molecule has 0 saturated heterocycles. The van der Waals surface area contributed by atoms with E-state index in [0.717, 1.165) is 17.4 Å². The number of carbonyl (C=O) groups is 2. The zero-order valence-electron chi connectivity index (χ0n) is 18.2. The maximum Gasteiger partial charge on any atom is 0.273 e. The quantitative estimate of drug-likeness (QED) is 0.479. The predicted octanol–water partition coefficient (Wildman–Crippen LogP) is 3.22. The van der Waals surface area contributed by atoms with Crippen molar-refractivity contribution in [3.05, 3.63) is 100.0 Å². The third-order valence-electron chi connectivity index (χ3n) is 5.26. The molecule has 7 heteroatoms. The normalized spacial score (nSPS) is 12.4. The zero-order valence-corrected chi connectivity index (χ0v) is 18.2. The number of aldehydes is 1. The standard InChI is InChI=1S/C25H27N3O4/c1-25(15-9-17-29,20-12-7-4-8-13-20)27-28-16-14-21(30)23(22(28)24(31)26-2)32-18-19-10-5-3-6-11-19/h3-8,10-14,16-17,27H,9,15,18H2,1-2H3,(H,26,31). The van der Waals surface area contributed by atoms with E-state index in [0.29, 0.717) is 12.8 Å². The molecule has 1 unspecified atom stereocenters. The van der Waals surface area contributed by atoms with Crippen LogP contribution in [0.5, 0.6) is 5.75 Å². The number of pyridine rings is 1. The van der Waals surface area contributed by atoms with Crippen LogP contribution in [0.25, 0.3) is 0 Å². The Morgan fingerprint density at radius 2 is 1.72 bits per heavy atom. The van der Waals surface area contributed by atoms with E-state index >= 15 is 0 Å². The first-order valence-corrected chi connectivity index (χ1v) is 10.4. The van der Waals surface area contributed by atoms with Gasteiger partial charge in [0.25, 0.3) is 5.91 Å². The third kappa shape index (κ3) is 5.24. The summed E-state index contributed by atoms with van der Waals surface area (Å²) >= 11 is 0. The van der Waals surface area contributed by atoms with Crippen LogP contribution < -0.4 is 20.9 Å². The van der Waals surface area contributed by atoms with Gasteiger partial charge in [-0.2, -0.15) is 0 Å². The Hall–Kier alpha value is -3.87. The fraction of sp³-hybridized carbons (Fsp3) is 0.240. The minimum Gasteiger partial charge on any atom is -0.482 e. The van der Waals surface area contributed by atoms with Gasteiger partial charge in [-0.1, -0.05) is 60.7 Å². The molecule has 0 saturated carbocycles. The number of aromatic nitrogens is 1. The van der Waals surface area contributed by atoms with Gasteiger partial charge in [-0.05, 0) is 24.5 Å². The second kappa shape index (κ2) is 10.4. The van der Waals surface area contributed by atoms with Crippen LogP contribution in [0.4, 0.5) is 0 Å². The Morgan fingerprint density at radius 3 is 2.34 bits per heavy atom. The molecule has 0 spiro atoms. The van der Waals surface area contributed by atoms with E-state index in [1.54, 1.807) is 0 Å². The van der Waals surface area contributed by atoms with Gasteiger partial charge in [0.2, 0.25) is 5.43 Å². The molecular formula is C25H27N3O4. The largest absolute Gasteiger partial charge is 0.482 e. The molecule has 1 heterocycles. The van der Waals surface area contributed by atoms with Crippen molar-refractivity contribution in [2.24, 2.45) is 0 Å². The topological polar surface area (TPSA) is 89.4 Å². The van der Waals surface area contributed by atoms with Crippen molar-refractivity contribution in [3.63, 3.8) is 0 Å². The summed E-state index contributed by atoms with van der Waals surface area (Å²) in [7, 11) is 1.49. The molecule has 1 atom stereocenters. The molecule has 0 aliphatic carbocycles. The van der Waals surface area contributed by atoms with E-state index in [-0.39, 0.29) is 18.1 Å². The number of benzene rings is 2. The van der Waals surface area contributed by atoms with Crippen LogP contribution in [0.3, 0.4) is 0 Å². The smallest absolute Gasteiger partial charge is 0.273 e. The molecule has 0 aliphatic rings. The zero-order chi connectivity index (χ0) is 23.0. The van der Waals surface area contributed by atoms with Crippen molar-refractivity contribution in [2.75, 3.05) is 12.5 Å². The molecule has 0 bridgehead atoms. The summed E-state index contributed by atoms with van der Waals surface area (Å²) in [5, 5.41) is 2.58. The molecule has 2 aromatic carbocycles. The van der Waals surface area contributed by atoms with Gasteiger partial charge in [-0.15, -0.1) is 0 Å². The molecule has 1 aromatic heterocycles. The lowest BCUT2D eigenvalue weighted by Gasteiger charge is -2.34. The van der Waals surface area contributed by atoms with Crippen LogP contribution in [0, 0.1) is 0 Å². The summed E-state index contributed by atoms with van der Waals surface area (Å²) < 4.78 is 7.33. The van der Waals surface area contributed by atoms with Crippen LogP contribution in [0.2, 0.25) is 0 Å². The Bertz CT molecular complexity index is 1110. The van der Waals surface area contributed by atoms with Crippen molar-refractivity contribution in [1.82, 2.24) is 9.99 Å². The van der Waals surface area contributed by atoms with Crippen LogP contribution in [-0.2, 0) is 16.9 Å². The molecule has 166 valence electrons. The summed E-state index contributed by atoms with van der Waals surface area (Å²) in [5.41, 5.74) is 4.13. The molecule has 0 fully saturated rings. The van der Waals surface area contributed by atoms with Gasteiger partial charge >= 0.3 is 0 Å². The van der Waals surface area contributed by atoms with Crippen LogP contribution >= 0.6 is 0 Å². The summed E-state index contributed by atoms with van der Waals surface area (Å²) in [5.74, 6) is -0.516. The van der Waals surface area contributed by atoms with Crippen molar-refractivity contribution < 1.29 is 14.3 Å². The highest BCUT2D eigenvalue weighted by Crippen LogP contribution is 2.28. The number of ether oxygens (including phenoxy) is 1. The van der Waals surface area contributed by atoms with Gasteiger partial charge in [0.1, 0.15) is 12.9 Å². The fourth-order valence-electron chi connectivity index (χ4n) is 3.50. The lowest BCUT2D eigenvalue weighted by molar-refractivity contribution is -0.108. The minimum absolute atomic E-state index is 0.0472. The first-order valence-electron chi connectivity index (χ1n) is 10.4. The summed E-state index contributed by atoms with van der Waals surface area (Å²) in [4.78, 5) is 36.6. The molecular weight excluding hydrogens is 406 g/mol. The molecule has 3 rings (SSSR count). The van der Waals surface area contributed by atoms with E-state index in [2.05, 4.69) is 10.7 Å². The van der Waals surface area contributed by atoms with Crippen LogP contribution in [0.1, 0.15) is 41.4 Å². The second-order valence-corrected chi connectivity index (χ2v) is 7.60. The van der Waals surface area contributed by atoms with Crippen molar-refractivity contribution in [3.8, 4) is 5.75 Å². The van der Waals surface area contributed by atoms with Gasteiger partial charge in [0, 0.05) is 25.7 Å². The number of hydrogen-bond donors (Lipinski definition) is 2. The first kappa shape index (κ1) is 22.8. The lowest BCUT2D eigenvalue weighted by Crippen LogP contribution is -2.41. The Labute approximate surface area is 187 Å². The number of rotatable bonds is 10. The highest BCUT2D eigenvalue weighted by molar-refractivity contribution is 5.95. The SMILES string of the molecule is CNC(=O)c1c(OCc2ccccc2)c(=O)ccn1NC(C)(CCC=O)c1ccccc1. The number of nitrogens with zero attached hydrogens (tertiary/aromatic N) is 1. The minimum atomic E-state index is -0.684. The van der Waals surface area contributed by atoms with E-state index in [9.17, 15) is 14.4 Å². The number of hydrogen-bond acceptors (Lipinski definition) is 5. The second-order valence-electron chi connectivity index (χ2n) is 7.60. The average Bonchev–Trinajstić information content (AvgIpc) is 2.83. The van der Waals surface area contributed by atoms with E-state index in [1.807, 2.05) is 67.6 Å². The maximum absolute atomic E-state index is 12.8. The maximum atomic E-state index is 12.8. The van der Waals surface area contributed by atoms with E-state index < -0.39 is 16.9 Å². The van der Waals surface area contributed by atoms with E-state index in [4.69, 9.17) is 4.74 Å². The highest BCUT2D eigenvalue weighted by atomic mass is 16.5. The number of carbonyl (C=O) groups excluding carboxylic acids is 2. The molecule has 2 N–H and O–H groups in total. The Kier molecular flexibility index (Phi) is 7.44. The van der Waals surface area contributed by atoms with Gasteiger partial charge in [-0.25, -0.2) is 0 Å². The monoisotopic (exact) mass is 433 g/mol. The van der Waals surface area contributed by atoms with E-state index in [1.165, 1.54) is 24.0 Å². The molecule has 7 nitrogen and oxygen atoms in total. The van der Waals surface area contributed by atoms with Crippen molar-refractivity contribution in [2.45, 2.75) is 31.9 Å². The predicted molar refractivity (Wildman–Crippen MR) is 123 cm³/mol. The van der Waals surface area contributed by atoms with Gasteiger partial charge < -0.3 is 20.3 Å². The molecule has 1 amide bonds. The van der Waals surface area contributed by atoms with Crippen LogP contribution in [-0.4, -0.2) is 23.9 Å². The molecule has 32 heavy (non-hydrogen) atoms. The summed E-state index contributed by atoms with van der Waals surface area (Å²) in [6.07, 6.45) is 3.18. The molecule has 3 aromatic rings. The summed E-state index contributed by atoms with van der Waals surface area (Å²) in [6, 6.07) is 20.4. The Balaban J connectivity index is 2.03. The molecule has 0 aliphatic heterocycles. The Morgan fingerprint density at radius 1 is 1.06 bits per heavy atom. The first-order chi connectivity index (χ1) is 15.5. The van der Waals surface area contributed by atoms with Gasteiger partial charge in [-0.3, -0.25) is 14.3 Å². The van der Waals surface area contributed by atoms with Gasteiger partial charge in [0.15, 0.2) is 11.4 Å². The van der Waals surface area contributed by atoms with Gasteiger partial charge in [0.05, 0.1) is 5.54 Å². The highest BCUT2D eigenvalue weighted by Gasteiger charge is 2.29. The lowest BCUT2D eigenvalue weighted by atomic mass is 9.88. The molecule has 0 radical (unpaired) electrons.